The molecule has 2 rings (SSSR count). The van der Waals surface area contributed by atoms with E-state index in [0.717, 1.165) is 44.3 Å². The fourth-order valence-corrected chi connectivity index (χ4v) is 2.78. The molecular formula is C17H29N5O3. The predicted molar refractivity (Wildman–Crippen MR) is 94.4 cm³/mol. The lowest BCUT2D eigenvalue weighted by atomic mass is 9.97. The Morgan fingerprint density at radius 3 is 2.72 bits per heavy atom. The van der Waals surface area contributed by atoms with Crippen molar-refractivity contribution in [3.05, 3.63) is 11.7 Å². The van der Waals surface area contributed by atoms with Crippen molar-refractivity contribution in [3.8, 4) is 0 Å². The maximum atomic E-state index is 11.6. The van der Waals surface area contributed by atoms with E-state index in [9.17, 15) is 4.79 Å². The van der Waals surface area contributed by atoms with Crippen molar-refractivity contribution >= 4 is 11.9 Å². The molecule has 0 amide bonds. The summed E-state index contributed by atoms with van der Waals surface area (Å²) in [5, 5.41) is 7.28. The van der Waals surface area contributed by atoms with Gasteiger partial charge in [0, 0.05) is 32.0 Å². The summed E-state index contributed by atoms with van der Waals surface area (Å²) in [6.07, 6.45) is 2.20. The first kappa shape index (κ1) is 19.2. The number of carbonyl (C=O) groups excluding carboxylic acids is 1. The molecular weight excluding hydrogens is 322 g/mol. The Hall–Kier alpha value is -2.12. The van der Waals surface area contributed by atoms with Gasteiger partial charge in [0.05, 0.1) is 19.6 Å². The molecule has 140 valence electrons. The molecule has 0 aromatic carbocycles. The van der Waals surface area contributed by atoms with E-state index in [-0.39, 0.29) is 17.8 Å². The number of carbonyl (C=O) groups is 1. The number of aromatic nitrogens is 2. The fraction of sp³-hybridized carbons (Fsp3) is 0.765. The first-order chi connectivity index (χ1) is 12.0. The minimum Gasteiger partial charge on any atom is -0.469 e. The van der Waals surface area contributed by atoms with E-state index in [1.165, 1.54) is 7.11 Å². The third-order valence-electron chi connectivity index (χ3n) is 4.25. The molecule has 8 nitrogen and oxygen atoms in total. The highest BCUT2D eigenvalue weighted by molar-refractivity contribution is 5.80. The van der Waals surface area contributed by atoms with Gasteiger partial charge < -0.3 is 19.5 Å². The number of guanidine groups is 1. The summed E-state index contributed by atoms with van der Waals surface area (Å²) in [4.78, 5) is 22.9. The smallest absolute Gasteiger partial charge is 0.308 e. The van der Waals surface area contributed by atoms with E-state index in [4.69, 9.17) is 9.26 Å². The van der Waals surface area contributed by atoms with Crippen LogP contribution in [-0.2, 0) is 16.0 Å². The summed E-state index contributed by atoms with van der Waals surface area (Å²) < 4.78 is 10.1. The summed E-state index contributed by atoms with van der Waals surface area (Å²) in [5.74, 6) is 2.36. The number of likely N-dealkylation sites (tertiary alicyclic amines) is 1. The van der Waals surface area contributed by atoms with Crippen molar-refractivity contribution in [1.82, 2.24) is 20.4 Å². The Bertz CT molecular complexity index is 577. The molecule has 1 fully saturated rings. The lowest BCUT2D eigenvalue weighted by Gasteiger charge is -2.33. The molecule has 0 aliphatic carbocycles. The van der Waals surface area contributed by atoms with E-state index in [0.29, 0.717) is 18.9 Å². The number of aliphatic imine (C=N–C) groups is 1. The van der Waals surface area contributed by atoms with E-state index < -0.39 is 0 Å². The average Bonchev–Trinajstić information content (AvgIpc) is 3.10. The fourth-order valence-electron chi connectivity index (χ4n) is 2.78. The van der Waals surface area contributed by atoms with Crippen LogP contribution in [0.15, 0.2) is 9.52 Å². The number of hydrogen-bond acceptors (Lipinski definition) is 6. The maximum absolute atomic E-state index is 11.6. The van der Waals surface area contributed by atoms with Gasteiger partial charge in [0.2, 0.25) is 5.89 Å². The molecule has 1 aromatic rings. The zero-order valence-electron chi connectivity index (χ0n) is 15.6. The minimum absolute atomic E-state index is 0.00280. The van der Waals surface area contributed by atoms with Crippen molar-refractivity contribution in [2.75, 3.05) is 33.3 Å². The van der Waals surface area contributed by atoms with Crippen molar-refractivity contribution in [2.45, 2.75) is 46.0 Å². The average molecular weight is 351 g/mol. The number of methoxy groups -OCH3 is 1. The van der Waals surface area contributed by atoms with Gasteiger partial charge in [0.15, 0.2) is 11.8 Å². The Morgan fingerprint density at radius 2 is 2.16 bits per heavy atom. The van der Waals surface area contributed by atoms with Crippen LogP contribution in [0.2, 0.25) is 0 Å². The second kappa shape index (κ2) is 9.39. The minimum atomic E-state index is -0.112. The summed E-state index contributed by atoms with van der Waals surface area (Å²) in [5.41, 5.74) is 0. The monoisotopic (exact) mass is 351 g/mol. The van der Waals surface area contributed by atoms with Gasteiger partial charge in [-0.3, -0.25) is 9.79 Å². The van der Waals surface area contributed by atoms with Crippen LogP contribution >= 0.6 is 0 Å². The number of ether oxygens (including phenoxy) is 1. The van der Waals surface area contributed by atoms with E-state index >= 15 is 0 Å². The molecule has 2 heterocycles. The molecule has 8 heteroatoms. The van der Waals surface area contributed by atoms with Gasteiger partial charge in [-0.2, -0.15) is 4.98 Å². The van der Waals surface area contributed by atoms with E-state index in [2.05, 4.69) is 25.3 Å². The molecule has 0 radical (unpaired) electrons. The molecule has 0 unspecified atom stereocenters. The van der Waals surface area contributed by atoms with Crippen LogP contribution in [0.5, 0.6) is 0 Å². The van der Waals surface area contributed by atoms with Crippen LogP contribution in [0.3, 0.4) is 0 Å². The predicted octanol–water partition coefficient (Wildman–Crippen LogP) is 1.59. The van der Waals surface area contributed by atoms with Crippen LogP contribution in [0.25, 0.3) is 0 Å². The third kappa shape index (κ3) is 5.44. The number of esters is 1. The largest absolute Gasteiger partial charge is 0.469 e. The van der Waals surface area contributed by atoms with Crippen molar-refractivity contribution < 1.29 is 14.1 Å². The van der Waals surface area contributed by atoms with Gasteiger partial charge in [-0.25, -0.2) is 0 Å². The zero-order valence-corrected chi connectivity index (χ0v) is 15.6. The van der Waals surface area contributed by atoms with Crippen molar-refractivity contribution in [2.24, 2.45) is 10.9 Å². The molecule has 0 bridgehead atoms. The van der Waals surface area contributed by atoms with Gasteiger partial charge in [-0.15, -0.1) is 0 Å². The van der Waals surface area contributed by atoms with Crippen LogP contribution in [0, 0.1) is 5.92 Å². The van der Waals surface area contributed by atoms with E-state index in [1.807, 2.05) is 20.8 Å². The summed E-state index contributed by atoms with van der Waals surface area (Å²) >= 11 is 0. The van der Waals surface area contributed by atoms with Crippen LogP contribution in [-0.4, -0.2) is 60.3 Å². The summed E-state index contributed by atoms with van der Waals surface area (Å²) in [6, 6.07) is 0. The normalized spacial score (nSPS) is 16.4. The number of nitrogens with one attached hydrogen (secondary N) is 1. The van der Waals surface area contributed by atoms with E-state index in [1.54, 1.807) is 0 Å². The molecule has 25 heavy (non-hydrogen) atoms. The van der Waals surface area contributed by atoms with Crippen LogP contribution < -0.4 is 5.32 Å². The van der Waals surface area contributed by atoms with Gasteiger partial charge in [0.25, 0.3) is 0 Å². The SMILES string of the molecule is CCNC(=NCCc1nc(C(C)C)no1)N1CCC(C(=O)OC)CC1. The van der Waals surface area contributed by atoms with Crippen LogP contribution in [0.1, 0.15) is 51.2 Å². The second-order valence-corrected chi connectivity index (χ2v) is 6.47. The highest BCUT2D eigenvalue weighted by Crippen LogP contribution is 2.18. The molecule has 0 atom stereocenters. The Balaban J connectivity index is 1.88. The lowest BCUT2D eigenvalue weighted by Crippen LogP contribution is -2.46. The molecule has 0 saturated carbocycles. The first-order valence-electron chi connectivity index (χ1n) is 8.98. The number of hydrogen-bond donors (Lipinski definition) is 1. The van der Waals surface area contributed by atoms with Gasteiger partial charge in [-0.1, -0.05) is 19.0 Å². The second-order valence-electron chi connectivity index (χ2n) is 6.47. The zero-order chi connectivity index (χ0) is 18.2. The third-order valence-corrected chi connectivity index (χ3v) is 4.25. The highest BCUT2D eigenvalue weighted by atomic mass is 16.5. The first-order valence-corrected chi connectivity index (χ1v) is 8.98. The summed E-state index contributed by atoms with van der Waals surface area (Å²) in [7, 11) is 1.45. The van der Waals surface area contributed by atoms with Crippen molar-refractivity contribution in [1.29, 1.82) is 0 Å². The molecule has 1 aromatic heterocycles. The quantitative estimate of drug-likeness (QED) is 0.472. The molecule has 1 saturated heterocycles. The van der Waals surface area contributed by atoms with Gasteiger partial charge in [-0.05, 0) is 19.8 Å². The van der Waals surface area contributed by atoms with Crippen LogP contribution in [0.4, 0.5) is 0 Å². The molecule has 1 aliphatic heterocycles. The molecule has 1 aliphatic rings. The number of nitrogens with zero attached hydrogens (tertiary/aromatic N) is 4. The highest BCUT2D eigenvalue weighted by Gasteiger charge is 2.26. The summed E-state index contributed by atoms with van der Waals surface area (Å²) in [6.45, 7) is 9.09. The Kier molecular flexibility index (Phi) is 7.21. The van der Waals surface area contributed by atoms with Gasteiger partial charge in [0.1, 0.15) is 0 Å². The lowest BCUT2D eigenvalue weighted by molar-refractivity contribution is -0.146. The molecule has 0 spiro atoms. The van der Waals surface area contributed by atoms with Gasteiger partial charge >= 0.3 is 5.97 Å². The Labute approximate surface area is 149 Å². The number of piperidine rings is 1. The standard InChI is InChI=1S/C17H29N5O3/c1-5-18-17(22-10-7-13(8-11-22)16(23)24-4)19-9-6-14-20-15(12(2)3)21-25-14/h12-13H,5-11H2,1-4H3,(H,18,19). The van der Waals surface area contributed by atoms with Crippen molar-refractivity contribution in [3.63, 3.8) is 0 Å². The Morgan fingerprint density at radius 1 is 1.44 bits per heavy atom. The maximum Gasteiger partial charge on any atom is 0.308 e. The molecule has 1 N–H and O–H groups in total. The topological polar surface area (TPSA) is 92.9 Å². The number of rotatable bonds is 6.